The molecule has 0 fully saturated rings. The van der Waals surface area contributed by atoms with E-state index in [2.05, 4.69) is 0 Å². The van der Waals surface area contributed by atoms with Gasteiger partial charge in [0.25, 0.3) is 0 Å². The first kappa shape index (κ1) is 10.0. The Kier molecular flexibility index (Phi) is 7.15. The van der Waals surface area contributed by atoms with Crippen molar-refractivity contribution >= 4 is 8.46 Å². The van der Waals surface area contributed by atoms with Crippen molar-refractivity contribution in [1.82, 2.24) is 0 Å². The number of hydrogen-bond donors (Lipinski definition) is 1. The molecule has 0 amide bonds. The summed E-state index contributed by atoms with van der Waals surface area (Å²) in [4.78, 5) is 0. The van der Waals surface area contributed by atoms with E-state index < -0.39 is 0 Å². The smallest absolute Gasteiger partial charge is 0.187 e. The molecule has 0 saturated carbocycles. The first-order chi connectivity index (χ1) is 4.85. The molecule has 2 N–H and O–H groups in total. The molecule has 0 aromatic carbocycles. The van der Waals surface area contributed by atoms with E-state index in [9.17, 15) is 4.57 Å². The van der Waals surface area contributed by atoms with Gasteiger partial charge in [-0.15, -0.1) is 0 Å². The summed E-state index contributed by atoms with van der Waals surface area (Å²) in [6.45, 7) is 3.14. The summed E-state index contributed by atoms with van der Waals surface area (Å²) >= 11 is 0. The lowest BCUT2D eigenvalue weighted by Gasteiger charge is -2.06. The molecule has 0 radical (unpaired) electrons. The Morgan fingerprint density at radius 1 is 1.70 bits per heavy atom. The third kappa shape index (κ3) is 4.86. The zero-order valence-electron chi connectivity index (χ0n) is 6.25. The van der Waals surface area contributed by atoms with E-state index in [1.807, 2.05) is 6.92 Å². The van der Waals surface area contributed by atoms with Crippen molar-refractivity contribution in [2.45, 2.75) is 25.6 Å². The molecule has 0 aromatic heterocycles. The maximum absolute atomic E-state index is 10.3. The molecular weight excluding hydrogens is 149 g/mol. The predicted octanol–water partition coefficient (Wildman–Crippen LogP) is 1.38. The van der Waals surface area contributed by atoms with Crippen LogP contribution in [0, 0.1) is 0 Å². The van der Waals surface area contributed by atoms with Gasteiger partial charge in [-0.25, -0.2) is 0 Å². The van der Waals surface area contributed by atoms with Crippen LogP contribution in [-0.4, -0.2) is 19.0 Å². The van der Waals surface area contributed by atoms with Gasteiger partial charge in [0.05, 0.1) is 0 Å². The highest BCUT2D eigenvalue weighted by Gasteiger charge is 2.05. The van der Waals surface area contributed by atoms with Crippen LogP contribution in [-0.2, 0) is 9.30 Å². The average Bonchev–Trinajstić information content (AvgIpc) is 1.98. The van der Waals surface area contributed by atoms with E-state index in [0.717, 1.165) is 12.8 Å². The van der Waals surface area contributed by atoms with Crippen LogP contribution < -0.4 is 5.73 Å². The number of ether oxygens (including phenoxy) is 1. The molecule has 1 unspecified atom stereocenters. The van der Waals surface area contributed by atoms with Crippen LogP contribution >= 0.6 is 8.46 Å². The van der Waals surface area contributed by atoms with Gasteiger partial charge in [-0.05, 0) is 26.3 Å². The van der Waals surface area contributed by atoms with Gasteiger partial charge in [-0.3, -0.25) is 4.57 Å². The Balaban J connectivity index is 3.29. The van der Waals surface area contributed by atoms with Crippen molar-refractivity contribution in [3.8, 4) is 0 Å². The molecule has 0 heterocycles. The summed E-state index contributed by atoms with van der Waals surface area (Å²) in [6, 6.07) is 0. The molecule has 0 saturated heterocycles. The van der Waals surface area contributed by atoms with Crippen molar-refractivity contribution in [3.05, 3.63) is 0 Å². The van der Waals surface area contributed by atoms with Crippen LogP contribution in [0.3, 0.4) is 0 Å². The second-order valence-corrected chi connectivity index (χ2v) is 2.73. The monoisotopic (exact) mass is 163 g/mol. The van der Waals surface area contributed by atoms with E-state index in [0.29, 0.717) is 13.2 Å². The Bertz CT molecular complexity index is 89.8. The molecule has 0 rings (SSSR count). The molecule has 60 valence electrons. The normalized spacial score (nSPS) is 13.8. The van der Waals surface area contributed by atoms with Gasteiger partial charge in [-0.2, -0.15) is 0 Å². The zero-order chi connectivity index (χ0) is 7.82. The van der Waals surface area contributed by atoms with E-state index in [-0.39, 0.29) is 14.3 Å². The van der Waals surface area contributed by atoms with Gasteiger partial charge < -0.3 is 10.5 Å². The van der Waals surface area contributed by atoms with Gasteiger partial charge in [0, 0.05) is 6.61 Å². The minimum atomic E-state index is -0.145. The first-order valence-electron chi connectivity index (χ1n) is 3.49. The van der Waals surface area contributed by atoms with Crippen LogP contribution in [0.25, 0.3) is 0 Å². The van der Waals surface area contributed by atoms with Crippen LogP contribution in [0.15, 0.2) is 0 Å². The minimum Gasteiger partial charge on any atom is -0.366 e. The fourth-order valence-corrected chi connectivity index (χ4v) is 1.15. The lowest BCUT2D eigenvalue weighted by atomic mass is 10.3. The molecule has 0 aliphatic rings. The fraction of sp³-hybridized carbons (Fsp3) is 1.00. The maximum atomic E-state index is 10.3. The molecular formula is C6H14NO2P. The molecule has 0 aliphatic heterocycles. The van der Waals surface area contributed by atoms with Crippen LogP contribution in [0.1, 0.15) is 19.8 Å². The molecule has 0 aliphatic carbocycles. The predicted molar refractivity (Wildman–Crippen MR) is 41.3 cm³/mol. The van der Waals surface area contributed by atoms with Gasteiger partial charge in [0.15, 0.2) is 8.46 Å². The average molecular weight is 163 g/mol. The largest absolute Gasteiger partial charge is 0.366 e. The molecule has 0 bridgehead atoms. The van der Waals surface area contributed by atoms with Crippen molar-refractivity contribution in [1.29, 1.82) is 0 Å². The fourth-order valence-electron chi connectivity index (χ4n) is 0.651. The highest BCUT2D eigenvalue weighted by Crippen LogP contribution is 2.13. The third-order valence-corrected chi connectivity index (χ3v) is 1.77. The van der Waals surface area contributed by atoms with Crippen LogP contribution in [0.5, 0.6) is 0 Å². The summed E-state index contributed by atoms with van der Waals surface area (Å²) in [7, 11) is 0.0722. The number of hydrogen-bond acceptors (Lipinski definition) is 3. The highest BCUT2D eigenvalue weighted by atomic mass is 31.1. The standard InChI is InChI=1S/C6H14NO2P/c1-2-9-6(10-8)4-3-5-7/h6H,2-5,7H2,1H3. The Labute approximate surface area is 63.1 Å². The molecule has 0 aromatic rings. The van der Waals surface area contributed by atoms with Gasteiger partial charge in [0.2, 0.25) is 0 Å². The molecule has 3 nitrogen and oxygen atoms in total. The van der Waals surface area contributed by atoms with Crippen molar-refractivity contribution < 1.29 is 9.30 Å². The van der Waals surface area contributed by atoms with E-state index in [4.69, 9.17) is 10.5 Å². The Hall–Kier alpha value is 0.0200. The van der Waals surface area contributed by atoms with E-state index >= 15 is 0 Å². The highest BCUT2D eigenvalue weighted by molar-refractivity contribution is 7.24. The Morgan fingerprint density at radius 3 is 2.80 bits per heavy atom. The summed E-state index contributed by atoms with van der Waals surface area (Å²) in [5, 5.41) is 0. The second kappa shape index (κ2) is 7.13. The van der Waals surface area contributed by atoms with Crippen LogP contribution in [0.4, 0.5) is 0 Å². The topological polar surface area (TPSA) is 52.3 Å². The van der Waals surface area contributed by atoms with Crippen molar-refractivity contribution in [2.24, 2.45) is 5.73 Å². The second-order valence-electron chi connectivity index (χ2n) is 1.95. The van der Waals surface area contributed by atoms with Crippen molar-refractivity contribution in [3.63, 3.8) is 0 Å². The summed E-state index contributed by atoms with van der Waals surface area (Å²) < 4.78 is 15.4. The molecule has 10 heavy (non-hydrogen) atoms. The summed E-state index contributed by atoms with van der Waals surface area (Å²) in [5.74, 6) is -0.145. The first-order valence-corrected chi connectivity index (χ1v) is 4.37. The van der Waals surface area contributed by atoms with Gasteiger partial charge >= 0.3 is 0 Å². The molecule has 1 atom stereocenters. The zero-order valence-corrected chi connectivity index (χ0v) is 7.14. The third-order valence-electron chi connectivity index (χ3n) is 1.13. The summed E-state index contributed by atoms with van der Waals surface area (Å²) in [5.41, 5.74) is 5.27. The lowest BCUT2D eigenvalue weighted by molar-refractivity contribution is 0.114. The quantitative estimate of drug-likeness (QED) is 0.602. The summed E-state index contributed by atoms with van der Waals surface area (Å²) in [6.07, 6.45) is 1.66. The number of rotatable bonds is 6. The van der Waals surface area contributed by atoms with Crippen LogP contribution in [0.2, 0.25) is 0 Å². The maximum Gasteiger partial charge on any atom is 0.187 e. The van der Waals surface area contributed by atoms with E-state index in [1.165, 1.54) is 0 Å². The minimum absolute atomic E-state index is 0.0722. The van der Waals surface area contributed by atoms with Crippen molar-refractivity contribution in [2.75, 3.05) is 13.2 Å². The van der Waals surface area contributed by atoms with Gasteiger partial charge in [-0.1, -0.05) is 0 Å². The SMILES string of the molecule is CCOC(CCCN)P=O. The molecule has 0 spiro atoms. The number of nitrogens with two attached hydrogens (primary N) is 1. The molecule has 4 heteroatoms. The lowest BCUT2D eigenvalue weighted by Crippen LogP contribution is -2.08. The van der Waals surface area contributed by atoms with E-state index in [1.54, 1.807) is 0 Å². The Morgan fingerprint density at radius 2 is 2.40 bits per heavy atom. The van der Waals surface area contributed by atoms with Gasteiger partial charge in [0.1, 0.15) is 5.85 Å².